The van der Waals surface area contributed by atoms with Crippen molar-refractivity contribution in [3.05, 3.63) is 40.9 Å². The van der Waals surface area contributed by atoms with E-state index in [1.54, 1.807) is 26.0 Å². The molecule has 0 spiro atoms. The van der Waals surface area contributed by atoms with Crippen LogP contribution in [0.2, 0.25) is 5.02 Å². The Kier molecular flexibility index (Phi) is 6.81. The number of benzene rings is 1. The van der Waals surface area contributed by atoms with Crippen LogP contribution in [0.25, 0.3) is 6.08 Å². The van der Waals surface area contributed by atoms with Crippen LogP contribution in [0.3, 0.4) is 0 Å². The topological polar surface area (TPSA) is 55.4 Å². The van der Waals surface area contributed by atoms with Gasteiger partial charge in [-0.3, -0.25) is 9.59 Å². The summed E-state index contributed by atoms with van der Waals surface area (Å²) in [5.74, 6) is -0.599. The number of nitrogens with one attached hydrogen (secondary N) is 1. The number of carbonyl (C=O) groups excluding carboxylic acids is 2. The number of halogens is 1. The van der Waals surface area contributed by atoms with Gasteiger partial charge in [-0.15, -0.1) is 0 Å². The summed E-state index contributed by atoms with van der Waals surface area (Å²) in [5, 5.41) is 3.19. The van der Waals surface area contributed by atoms with E-state index in [1.165, 1.54) is 6.08 Å². The fraction of sp³-hybridized carbons (Fsp3) is 0.333. The standard InChI is InChI=1S/C15H18ClNO3/c1-11(2)20-15(19)9-10-17-14(18)8-7-12-5-3-4-6-13(12)16/h3-8,11H,9-10H2,1-2H3,(H,17,18)/b8-7+. The average Bonchev–Trinajstić information content (AvgIpc) is 2.37. The van der Waals surface area contributed by atoms with Gasteiger partial charge in [-0.05, 0) is 31.6 Å². The molecule has 0 aliphatic carbocycles. The molecule has 5 heteroatoms. The molecule has 0 radical (unpaired) electrons. The third-order valence-electron chi connectivity index (χ3n) is 2.31. The van der Waals surface area contributed by atoms with Crippen molar-refractivity contribution < 1.29 is 14.3 Å². The molecule has 20 heavy (non-hydrogen) atoms. The molecule has 0 heterocycles. The molecule has 1 amide bonds. The van der Waals surface area contributed by atoms with Crippen molar-refractivity contribution >= 4 is 29.6 Å². The second kappa shape index (κ2) is 8.38. The molecular formula is C15H18ClNO3. The smallest absolute Gasteiger partial charge is 0.307 e. The molecule has 0 atom stereocenters. The summed E-state index contributed by atoms with van der Waals surface area (Å²) in [6, 6.07) is 7.22. The molecule has 1 N–H and O–H groups in total. The highest BCUT2D eigenvalue weighted by molar-refractivity contribution is 6.32. The summed E-state index contributed by atoms with van der Waals surface area (Å²) in [6.07, 6.45) is 3.03. The zero-order chi connectivity index (χ0) is 15.0. The van der Waals surface area contributed by atoms with E-state index in [4.69, 9.17) is 16.3 Å². The number of amides is 1. The normalized spacial score (nSPS) is 10.8. The van der Waals surface area contributed by atoms with Crippen molar-refractivity contribution in [1.29, 1.82) is 0 Å². The number of rotatable bonds is 6. The van der Waals surface area contributed by atoms with Crippen LogP contribution in [0.5, 0.6) is 0 Å². The van der Waals surface area contributed by atoms with E-state index in [9.17, 15) is 9.59 Å². The maximum absolute atomic E-state index is 11.5. The van der Waals surface area contributed by atoms with Gasteiger partial charge >= 0.3 is 5.97 Å². The second-order valence-corrected chi connectivity index (χ2v) is 4.84. The molecular weight excluding hydrogens is 278 g/mol. The Balaban J connectivity index is 2.34. The van der Waals surface area contributed by atoms with Gasteiger partial charge in [0.1, 0.15) is 0 Å². The summed E-state index contributed by atoms with van der Waals surface area (Å²) in [7, 11) is 0. The average molecular weight is 296 g/mol. The van der Waals surface area contributed by atoms with Gasteiger partial charge in [0.25, 0.3) is 0 Å². The minimum absolute atomic E-state index is 0.140. The molecule has 0 saturated carbocycles. The van der Waals surface area contributed by atoms with Gasteiger partial charge < -0.3 is 10.1 Å². The highest BCUT2D eigenvalue weighted by Gasteiger charge is 2.05. The van der Waals surface area contributed by atoms with E-state index in [-0.39, 0.29) is 30.9 Å². The monoisotopic (exact) mass is 295 g/mol. The lowest BCUT2D eigenvalue weighted by Gasteiger charge is -2.07. The number of hydrogen-bond donors (Lipinski definition) is 1. The summed E-state index contributed by atoms with van der Waals surface area (Å²) < 4.78 is 4.95. The van der Waals surface area contributed by atoms with Gasteiger partial charge in [0.05, 0.1) is 12.5 Å². The first-order chi connectivity index (χ1) is 9.49. The Morgan fingerprint density at radius 2 is 2.05 bits per heavy atom. The molecule has 0 aromatic heterocycles. The number of esters is 1. The lowest BCUT2D eigenvalue weighted by molar-refractivity contribution is -0.147. The van der Waals surface area contributed by atoms with E-state index in [0.29, 0.717) is 5.02 Å². The highest BCUT2D eigenvalue weighted by Crippen LogP contribution is 2.15. The first kappa shape index (κ1) is 16.2. The molecule has 0 aliphatic heterocycles. The van der Waals surface area contributed by atoms with E-state index in [1.807, 2.05) is 18.2 Å². The Labute approximate surface area is 123 Å². The van der Waals surface area contributed by atoms with Gasteiger partial charge in [-0.2, -0.15) is 0 Å². The van der Waals surface area contributed by atoms with Crippen LogP contribution in [0.4, 0.5) is 0 Å². The van der Waals surface area contributed by atoms with Crippen molar-refractivity contribution in [2.75, 3.05) is 6.54 Å². The number of ether oxygens (including phenoxy) is 1. The van der Waals surface area contributed by atoms with Gasteiger partial charge in [-0.25, -0.2) is 0 Å². The summed E-state index contributed by atoms with van der Waals surface area (Å²) in [4.78, 5) is 22.8. The fourth-order valence-corrected chi connectivity index (χ4v) is 1.64. The first-order valence-electron chi connectivity index (χ1n) is 6.39. The zero-order valence-corrected chi connectivity index (χ0v) is 12.3. The van der Waals surface area contributed by atoms with E-state index >= 15 is 0 Å². The van der Waals surface area contributed by atoms with Gasteiger partial charge in [0.2, 0.25) is 5.91 Å². The first-order valence-corrected chi connectivity index (χ1v) is 6.76. The van der Waals surface area contributed by atoms with Crippen LogP contribution in [0, 0.1) is 0 Å². The van der Waals surface area contributed by atoms with Gasteiger partial charge in [-0.1, -0.05) is 29.8 Å². The molecule has 0 fully saturated rings. The second-order valence-electron chi connectivity index (χ2n) is 4.43. The molecule has 0 bridgehead atoms. The Hall–Kier alpha value is -1.81. The van der Waals surface area contributed by atoms with E-state index < -0.39 is 0 Å². The van der Waals surface area contributed by atoms with E-state index in [0.717, 1.165) is 5.56 Å². The maximum atomic E-state index is 11.5. The van der Waals surface area contributed by atoms with Gasteiger partial charge in [0.15, 0.2) is 0 Å². The third kappa shape index (κ3) is 6.38. The highest BCUT2D eigenvalue weighted by atomic mass is 35.5. The molecule has 1 rings (SSSR count). The minimum atomic E-state index is -0.324. The van der Waals surface area contributed by atoms with Crippen LogP contribution >= 0.6 is 11.6 Å². The molecule has 0 aliphatic rings. The summed E-state index contributed by atoms with van der Waals surface area (Å²) in [6.45, 7) is 3.81. The van der Waals surface area contributed by atoms with Crippen LogP contribution in [-0.2, 0) is 14.3 Å². The number of carbonyl (C=O) groups is 2. The van der Waals surface area contributed by atoms with E-state index in [2.05, 4.69) is 5.32 Å². The molecule has 1 aromatic carbocycles. The minimum Gasteiger partial charge on any atom is -0.463 e. The van der Waals surface area contributed by atoms with Crippen LogP contribution in [0.15, 0.2) is 30.3 Å². The Bertz CT molecular complexity index is 498. The van der Waals surface area contributed by atoms with Crippen molar-refractivity contribution in [1.82, 2.24) is 5.32 Å². The quantitative estimate of drug-likeness (QED) is 0.648. The van der Waals surface area contributed by atoms with Crippen LogP contribution < -0.4 is 5.32 Å². The molecule has 0 saturated heterocycles. The van der Waals surface area contributed by atoms with Crippen molar-refractivity contribution in [2.45, 2.75) is 26.4 Å². The maximum Gasteiger partial charge on any atom is 0.307 e. The molecule has 0 unspecified atom stereocenters. The SMILES string of the molecule is CC(C)OC(=O)CCNC(=O)/C=C/c1ccccc1Cl. The third-order valence-corrected chi connectivity index (χ3v) is 2.66. The predicted octanol–water partition coefficient (Wildman–Crippen LogP) is 2.81. The molecule has 108 valence electrons. The van der Waals surface area contributed by atoms with Crippen molar-refractivity contribution in [3.8, 4) is 0 Å². The van der Waals surface area contributed by atoms with Crippen LogP contribution in [-0.4, -0.2) is 24.5 Å². The summed E-state index contributed by atoms with van der Waals surface area (Å²) >= 11 is 5.96. The fourth-order valence-electron chi connectivity index (χ4n) is 1.44. The van der Waals surface area contributed by atoms with Crippen LogP contribution in [0.1, 0.15) is 25.8 Å². The largest absolute Gasteiger partial charge is 0.463 e. The molecule has 1 aromatic rings. The van der Waals surface area contributed by atoms with Crippen molar-refractivity contribution in [3.63, 3.8) is 0 Å². The zero-order valence-electron chi connectivity index (χ0n) is 11.6. The summed E-state index contributed by atoms with van der Waals surface area (Å²) in [5.41, 5.74) is 0.767. The molecule has 4 nitrogen and oxygen atoms in total. The Morgan fingerprint density at radius 1 is 1.35 bits per heavy atom. The predicted molar refractivity (Wildman–Crippen MR) is 79.3 cm³/mol. The van der Waals surface area contributed by atoms with Gasteiger partial charge in [0, 0.05) is 17.6 Å². The Morgan fingerprint density at radius 3 is 2.70 bits per heavy atom. The number of hydrogen-bond acceptors (Lipinski definition) is 3. The lowest BCUT2D eigenvalue weighted by Crippen LogP contribution is -2.25. The van der Waals surface area contributed by atoms with Crippen molar-refractivity contribution in [2.24, 2.45) is 0 Å². The lowest BCUT2D eigenvalue weighted by atomic mass is 10.2.